The number of hydrogen-bond acceptors (Lipinski definition) is 5. The van der Waals surface area contributed by atoms with E-state index < -0.39 is 36.9 Å². The van der Waals surface area contributed by atoms with Crippen LogP contribution in [0.15, 0.2) is 24.3 Å². The van der Waals surface area contributed by atoms with E-state index in [1.54, 1.807) is 31.2 Å². The third-order valence-electron chi connectivity index (χ3n) is 4.78. The number of alkyl halides is 5. The third-order valence-corrected chi connectivity index (χ3v) is 4.78. The number of unbranched alkanes of at least 4 members (excludes halogenated alkanes) is 2. The highest BCUT2D eigenvalue weighted by Gasteiger charge is 2.31. The molecule has 1 aromatic rings. The van der Waals surface area contributed by atoms with Crippen LogP contribution in [0.4, 0.5) is 26.7 Å². The number of rotatable bonds is 16. The van der Waals surface area contributed by atoms with E-state index in [9.17, 15) is 31.5 Å². The number of nitrogens with zero attached hydrogens (tertiary/aromatic N) is 1. The molecule has 0 fully saturated rings. The van der Waals surface area contributed by atoms with Gasteiger partial charge in [0, 0.05) is 26.0 Å². The van der Waals surface area contributed by atoms with Crippen LogP contribution in [0, 0.1) is 0 Å². The van der Waals surface area contributed by atoms with Crippen molar-refractivity contribution in [3.63, 3.8) is 0 Å². The number of carbonyl (C=O) groups excluding carboxylic acids is 1. The van der Waals surface area contributed by atoms with Crippen molar-refractivity contribution in [2.24, 2.45) is 0 Å². The smallest absolute Gasteiger partial charge is 0.422 e. The minimum atomic E-state index is -4.67. The monoisotopic (exact) mass is 513 g/mol. The zero-order chi connectivity index (χ0) is 26.5. The molecule has 200 valence electrons. The Morgan fingerprint density at radius 3 is 2.23 bits per heavy atom. The summed E-state index contributed by atoms with van der Waals surface area (Å²) in [6.07, 6.45) is -6.08. The Kier molecular flexibility index (Phi) is 12.8. The van der Waals surface area contributed by atoms with Gasteiger partial charge < -0.3 is 24.2 Å². The predicted octanol–water partition coefficient (Wildman–Crippen LogP) is 5.31. The summed E-state index contributed by atoms with van der Waals surface area (Å²) in [7, 11) is 0. The Bertz CT molecular complexity index is 767. The van der Waals surface area contributed by atoms with Gasteiger partial charge in [-0.05, 0) is 44.4 Å². The Morgan fingerprint density at radius 1 is 1.03 bits per heavy atom. The van der Waals surface area contributed by atoms with Gasteiger partial charge in [-0.3, -0.25) is 0 Å². The van der Waals surface area contributed by atoms with E-state index in [2.05, 4.69) is 4.74 Å². The van der Waals surface area contributed by atoms with Gasteiger partial charge in [-0.25, -0.2) is 18.4 Å². The molecular formula is C23H32F5NO6. The van der Waals surface area contributed by atoms with Crippen molar-refractivity contribution in [3.05, 3.63) is 29.8 Å². The Hall–Kier alpha value is -2.63. The zero-order valence-electron chi connectivity index (χ0n) is 19.8. The first-order valence-corrected chi connectivity index (χ1v) is 11.2. The van der Waals surface area contributed by atoms with Gasteiger partial charge in [0.05, 0.1) is 6.54 Å². The van der Waals surface area contributed by atoms with Crippen molar-refractivity contribution in [2.45, 2.75) is 64.2 Å². The zero-order valence-corrected chi connectivity index (χ0v) is 19.8. The lowest BCUT2D eigenvalue weighted by Crippen LogP contribution is -2.37. The molecule has 0 saturated carbocycles. The Labute approximate surface area is 201 Å². The summed E-state index contributed by atoms with van der Waals surface area (Å²) in [6.45, 7) is 0.928. The van der Waals surface area contributed by atoms with E-state index in [0.29, 0.717) is 24.2 Å². The summed E-state index contributed by atoms with van der Waals surface area (Å²) >= 11 is 0. The fraction of sp³-hybridized carbons (Fsp3) is 0.652. The van der Waals surface area contributed by atoms with Crippen LogP contribution < -0.4 is 4.74 Å². The van der Waals surface area contributed by atoms with E-state index in [1.807, 2.05) is 0 Å². The molecule has 0 bridgehead atoms. The number of carboxylic acids is 1. The number of benzene rings is 1. The van der Waals surface area contributed by atoms with Crippen molar-refractivity contribution in [1.82, 2.24) is 4.90 Å². The molecule has 0 aromatic heterocycles. The van der Waals surface area contributed by atoms with E-state index in [4.69, 9.17) is 14.6 Å². The molecule has 1 amide bonds. The first-order valence-electron chi connectivity index (χ1n) is 11.2. The second-order valence-electron chi connectivity index (χ2n) is 8.02. The van der Waals surface area contributed by atoms with Gasteiger partial charge in [-0.15, -0.1) is 0 Å². The molecule has 1 rings (SSSR count). The van der Waals surface area contributed by atoms with Crippen LogP contribution in [-0.4, -0.2) is 73.2 Å². The van der Waals surface area contributed by atoms with Crippen molar-refractivity contribution in [1.29, 1.82) is 0 Å². The second kappa shape index (κ2) is 14.7. The lowest BCUT2D eigenvalue weighted by Gasteiger charge is -2.23. The molecule has 0 heterocycles. The van der Waals surface area contributed by atoms with Crippen LogP contribution in [0.1, 0.15) is 45.1 Å². The molecule has 0 aliphatic carbocycles. The number of aliphatic carboxylic acids is 1. The summed E-state index contributed by atoms with van der Waals surface area (Å²) < 4.78 is 77.9. The van der Waals surface area contributed by atoms with Crippen molar-refractivity contribution < 1.29 is 50.9 Å². The van der Waals surface area contributed by atoms with Gasteiger partial charge in [0.1, 0.15) is 12.4 Å². The molecule has 1 unspecified atom stereocenters. The number of hydrogen-bond donors (Lipinski definition) is 1. The highest BCUT2D eigenvalue weighted by Crippen LogP contribution is 2.21. The minimum Gasteiger partial charge on any atom is -0.492 e. The SMILES string of the molecule is CCOC(Cc1ccc(OCCN(CCCCCC(C)(F)F)C(=O)OCC(F)(F)F)cc1)C(=O)O. The van der Waals surface area contributed by atoms with Gasteiger partial charge in [0.25, 0.3) is 0 Å². The second-order valence-corrected chi connectivity index (χ2v) is 8.02. The van der Waals surface area contributed by atoms with Gasteiger partial charge >= 0.3 is 18.2 Å². The van der Waals surface area contributed by atoms with Gasteiger partial charge in [-0.1, -0.05) is 18.6 Å². The maximum absolute atomic E-state index is 12.9. The molecule has 35 heavy (non-hydrogen) atoms. The third kappa shape index (κ3) is 14.4. The minimum absolute atomic E-state index is 0.0300. The normalized spacial score (nSPS) is 12.8. The number of amides is 1. The van der Waals surface area contributed by atoms with Crippen LogP contribution >= 0.6 is 0 Å². The number of halogens is 5. The molecule has 0 saturated heterocycles. The number of carboxylic acid groups (broad SMARTS) is 1. The van der Waals surface area contributed by atoms with Crippen LogP contribution in [-0.2, 0) is 20.7 Å². The van der Waals surface area contributed by atoms with Crippen LogP contribution in [0.25, 0.3) is 0 Å². The van der Waals surface area contributed by atoms with Crippen molar-refractivity contribution in [3.8, 4) is 5.75 Å². The highest BCUT2D eigenvalue weighted by molar-refractivity contribution is 5.72. The standard InChI is InChI=1S/C23H32F5NO6/c1-3-33-19(20(30)31)15-17-7-9-18(10-8-17)34-14-13-29(21(32)35-16-23(26,27)28)12-6-4-5-11-22(2,24)25/h7-10,19H,3-6,11-16H2,1-2H3,(H,30,31). The van der Waals surface area contributed by atoms with Gasteiger partial charge in [0.2, 0.25) is 5.92 Å². The molecule has 0 aliphatic heterocycles. The number of carbonyl (C=O) groups is 2. The molecular weight excluding hydrogens is 481 g/mol. The summed E-state index contributed by atoms with van der Waals surface area (Å²) in [6, 6.07) is 6.50. The summed E-state index contributed by atoms with van der Waals surface area (Å²) in [5.74, 6) is -3.47. The van der Waals surface area contributed by atoms with Crippen molar-refractivity contribution >= 4 is 12.1 Å². The lowest BCUT2D eigenvalue weighted by molar-refractivity contribution is -0.162. The van der Waals surface area contributed by atoms with E-state index in [0.717, 1.165) is 11.8 Å². The molecule has 0 aliphatic rings. The average molecular weight is 514 g/mol. The van der Waals surface area contributed by atoms with Crippen molar-refractivity contribution in [2.75, 3.05) is 32.9 Å². The molecule has 0 spiro atoms. The molecule has 7 nitrogen and oxygen atoms in total. The Morgan fingerprint density at radius 2 is 1.69 bits per heavy atom. The summed E-state index contributed by atoms with van der Waals surface area (Å²) in [5.41, 5.74) is 0.702. The first-order chi connectivity index (χ1) is 16.3. The fourth-order valence-electron chi connectivity index (χ4n) is 3.07. The average Bonchev–Trinajstić information content (AvgIpc) is 2.75. The van der Waals surface area contributed by atoms with Gasteiger partial charge in [0.15, 0.2) is 12.7 Å². The molecule has 0 radical (unpaired) electrons. The maximum atomic E-state index is 12.9. The molecule has 1 aromatic carbocycles. The summed E-state index contributed by atoms with van der Waals surface area (Å²) in [5, 5.41) is 9.16. The van der Waals surface area contributed by atoms with Crippen LogP contribution in [0.3, 0.4) is 0 Å². The fourth-order valence-corrected chi connectivity index (χ4v) is 3.07. The molecule has 1 atom stereocenters. The highest BCUT2D eigenvalue weighted by atomic mass is 19.4. The topological polar surface area (TPSA) is 85.3 Å². The largest absolute Gasteiger partial charge is 0.492 e. The van der Waals surface area contributed by atoms with Gasteiger partial charge in [-0.2, -0.15) is 13.2 Å². The van der Waals surface area contributed by atoms with E-state index in [1.165, 1.54) is 0 Å². The van der Waals surface area contributed by atoms with E-state index in [-0.39, 0.29) is 45.6 Å². The lowest BCUT2D eigenvalue weighted by atomic mass is 10.1. The maximum Gasteiger partial charge on any atom is 0.422 e. The van der Waals surface area contributed by atoms with Crippen LogP contribution in [0.2, 0.25) is 0 Å². The molecule has 1 N–H and O–H groups in total. The predicted molar refractivity (Wildman–Crippen MR) is 117 cm³/mol. The summed E-state index contributed by atoms with van der Waals surface area (Å²) in [4.78, 5) is 24.3. The first kappa shape index (κ1) is 30.4. The Balaban J connectivity index is 2.59. The van der Waals surface area contributed by atoms with Crippen LogP contribution in [0.5, 0.6) is 5.75 Å². The van der Waals surface area contributed by atoms with E-state index >= 15 is 0 Å². The molecule has 12 heteroatoms. The number of ether oxygens (including phenoxy) is 3. The quantitative estimate of drug-likeness (QED) is 0.238.